The molecule has 1 heterocycles. The molecule has 1 unspecified atom stereocenters. The molecule has 1 aromatic carbocycles. The highest BCUT2D eigenvalue weighted by atomic mass is 16.3. The van der Waals surface area contributed by atoms with E-state index in [-0.39, 0.29) is 18.4 Å². The zero-order chi connectivity index (χ0) is 16.1. The Hall–Kier alpha value is -2.14. The first kappa shape index (κ1) is 16.2. The van der Waals surface area contributed by atoms with Crippen molar-refractivity contribution >= 4 is 11.7 Å². The van der Waals surface area contributed by atoms with Crippen LogP contribution < -0.4 is 5.32 Å². The number of amides is 1. The normalized spacial score (nSPS) is 12.2. The number of aliphatic hydroxyl groups excluding tert-OH is 1. The molecule has 1 amide bonds. The van der Waals surface area contributed by atoms with Gasteiger partial charge in [0.1, 0.15) is 5.82 Å². The molecule has 1 atom stereocenters. The van der Waals surface area contributed by atoms with E-state index in [4.69, 9.17) is 0 Å². The quantitative estimate of drug-likeness (QED) is 0.862. The average molecular weight is 301 g/mol. The Kier molecular flexibility index (Phi) is 5.33. The fourth-order valence-electron chi connectivity index (χ4n) is 2.21. The number of anilines is 1. The highest BCUT2D eigenvalue weighted by molar-refractivity contribution is 5.92. The Labute approximate surface area is 131 Å². The topological polar surface area (TPSA) is 67.2 Å². The first-order chi connectivity index (χ1) is 10.6. The maximum atomic E-state index is 12.1. The molecular weight excluding hydrogens is 278 g/mol. The molecule has 0 aliphatic rings. The number of benzene rings is 1. The summed E-state index contributed by atoms with van der Waals surface area (Å²) >= 11 is 0. The standard InChI is InChI=1S/C17H23N3O2/c1-4-12(2)17(22)18-16-11-15(19-20(16)9-10-21)14-8-6-5-7-13(14)3/h5-8,11-12,21H,4,9-10H2,1-3H3,(H,18,22). The van der Waals surface area contributed by atoms with Crippen LogP contribution >= 0.6 is 0 Å². The SMILES string of the molecule is CCC(C)C(=O)Nc1cc(-c2ccccc2C)nn1CCO. The van der Waals surface area contributed by atoms with Crippen LogP contribution in [0.4, 0.5) is 5.82 Å². The predicted octanol–water partition coefficient (Wildman–Crippen LogP) is 2.84. The van der Waals surface area contributed by atoms with Crippen molar-refractivity contribution in [2.24, 2.45) is 5.92 Å². The molecule has 2 N–H and O–H groups in total. The number of aryl methyl sites for hydroxylation is 1. The minimum Gasteiger partial charge on any atom is -0.394 e. The third-order valence-electron chi connectivity index (χ3n) is 3.82. The van der Waals surface area contributed by atoms with Gasteiger partial charge >= 0.3 is 0 Å². The van der Waals surface area contributed by atoms with Gasteiger partial charge in [-0.25, -0.2) is 4.68 Å². The van der Waals surface area contributed by atoms with Crippen LogP contribution in [0, 0.1) is 12.8 Å². The van der Waals surface area contributed by atoms with Crippen molar-refractivity contribution < 1.29 is 9.90 Å². The van der Waals surface area contributed by atoms with Gasteiger partial charge in [0.2, 0.25) is 5.91 Å². The van der Waals surface area contributed by atoms with E-state index in [2.05, 4.69) is 10.4 Å². The molecule has 2 aromatic rings. The summed E-state index contributed by atoms with van der Waals surface area (Å²) in [5.74, 6) is 0.537. The second-order valence-corrected chi connectivity index (χ2v) is 5.48. The Morgan fingerprint density at radius 2 is 2.14 bits per heavy atom. The summed E-state index contributed by atoms with van der Waals surface area (Å²) in [6.45, 7) is 6.22. The lowest BCUT2D eigenvalue weighted by molar-refractivity contribution is -0.119. The monoisotopic (exact) mass is 301 g/mol. The Bertz CT molecular complexity index is 649. The molecule has 118 valence electrons. The van der Waals surface area contributed by atoms with Crippen LogP contribution in [-0.4, -0.2) is 27.4 Å². The minimum absolute atomic E-state index is 0.0267. The molecule has 0 saturated heterocycles. The van der Waals surface area contributed by atoms with E-state index < -0.39 is 0 Å². The molecule has 0 fully saturated rings. The number of aliphatic hydroxyl groups is 1. The molecule has 0 bridgehead atoms. The first-order valence-electron chi connectivity index (χ1n) is 7.62. The predicted molar refractivity (Wildman–Crippen MR) is 87.6 cm³/mol. The van der Waals surface area contributed by atoms with Gasteiger partial charge in [-0.05, 0) is 18.9 Å². The molecular formula is C17H23N3O2. The van der Waals surface area contributed by atoms with Crippen LogP contribution in [-0.2, 0) is 11.3 Å². The summed E-state index contributed by atoms with van der Waals surface area (Å²) < 4.78 is 1.64. The third kappa shape index (κ3) is 3.54. The van der Waals surface area contributed by atoms with Gasteiger partial charge in [0.15, 0.2) is 0 Å². The van der Waals surface area contributed by atoms with Gasteiger partial charge in [-0.3, -0.25) is 4.79 Å². The van der Waals surface area contributed by atoms with Crippen LogP contribution in [0.3, 0.4) is 0 Å². The lowest BCUT2D eigenvalue weighted by atomic mass is 10.1. The van der Waals surface area contributed by atoms with Gasteiger partial charge in [-0.1, -0.05) is 38.1 Å². The lowest BCUT2D eigenvalue weighted by Crippen LogP contribution is -2.22. The van der Waals surface area contributed by atoms with Crippen LogP contribution in [0.15, 0.2) is 30.3 Å². The Morgan fingerprint density at radius 3 is 2.77 bits per heavy atom. The summed E-state index contributed by atoms with van der Waals surface area (Å²) in [6.07, 6.45) is 0.782. The van der Waals surface area contributed by atoms with E-state index in [0.717, 1.165) is 23.2 Å². The fraction of sp³-hybridized carbons (Fsp3) is 0.412. The first-order valence-corrected chi connectivity index (χ1v) is 7.62. The van der Waals surface area contributed by atoms with E-state index >= 15 is 0 Å². The van der Waals surface area contributed by atoms with Crippen molar-refractivity contribution in [3.8, 4) is 11.3 Å². The van der Waals surface area contributed by atoms with Crippen molar-refractivity contribution in [3.05, 3.63) is 35.9 Å². The largest absolute Gasteiger partial charge is 0.394 e. The third-order valence-corrected chi connectivity index (χ3v) is 3.82. The lowest BCUT2D eigenvalue weighted by Gasteiger charge is -2.10. The van der Waals surface area contributed by atoms with Gasteiger partial charge in [0.05, 0.1) is 18.8 Å². The number of rotatable bonds is 6. The smallest absolute Gasteiger partial charge is 0.228 e. The highest BCUT2D eigenvalue weighted by Crippen LogP contribution is 2.25. The number of aromatic nitrogens is 2. The Balaban J connectivity index is 2.34. The number of nitrogens with zero attached hydrogens (tertiary/aromatic N) is 2. The van der Waals surface area contributed by atoms with Crippen LogP contribution in [0.25, 0.3) is 11.3 Å². The van der Waals surface area contributed by atoms with Crippen molar-refractivity contribution in [2.45, 2.75) is 33.7 Å². The van der Waals surface area contributed by atoms with Gasteiger partial charge in [0, 0.05) is 17.5 Å². The van der Waals surface area contributed by atoms with E-state index in [9.17, 15) is 9.90 Å². The van der Waals surface area contributed by atoms with Crippen molar-refractivity contribution in [3.63, 3.8) is 0 Å². The average Bonchev–Trinajstić information content (AvgIpc) is 2.90. The van der Waals surface area contributed by atoms with Gasteiger partial charge < -0.3 is 10.4 Å². The van der Waals surface area contributed by atoms with Crippen LogP contribution in [0.5, 0.6) is 0 Å². The molecule has 5 nitrogen and oxygen atoms in total. The van der Waals surface area contributed by atoms with E-state index in [1.165, 1.54) is 0 Å². The van der Waals surface area contributed by atoms with E-state index in [1.807, 2.05) is 51.1 Å². The Morgan fingerprint density at radius 1 is 1.41 bits per heavy atom. The summed E-state index contributed by atoms with van der Waals surface area (Å²) in [4.78, 5) is 12.1. The van der Waals surface area contributed by atoms with Crippen LogP contribution in [0.2, 0.25) is 0 Å². The molecule has 22 heavy (non-hydrogen) atoms. The number of carbonyl (C=O) groups is 1. The molecule has 0 aliphatic carbocycles. The molecule has 0 radical (unpaired) electrons. The van der Waals surface area contributed by atoms with Gasteiger partial charge in [0.25, 0.3) is 0 Å². The van der Waals surface area contributed by atoms with Crippen molar-refractivity contribution in [1.82, 2.24) is 9.78 Å². The minimum atomic E-state index is -0.0561. The van der Waals surface area contributed by atoms with E-state index in [1.54, 1.807) is 4.68 Å². The number of hydrogen-bond acceptors (Lipinski definition) is 3. The van der Waals surface area contributed by atoms with E-state index in [0.29, 0.717) is 12.4 Å². The second-order valence-electron chi connectivity index (χ2n) is 5.48. The van der Waals surface area contributed by atoms with Gasteiger partial charge in [-0.15, -0.1) is 0 Å². The van der Waals surface area contributed by atoms with Crippen molar-refractivity contribution in [1.29, 1.82) is 0 Å². The molecule has 2 rings (SSSR count). The zero-order valence-electron chi connectivity index (χ0n) is 13.3. The molecule has 0 saturated carbocycles. The molecule has 1 aromatic heterocycles. The highest BCUT2D eigenvalue weighted by Gasteiger charge is 2.16. The molecule has 5 heteroatoms. The fourth-order valence-corrected chi connectivity index (χ4v) is 2.21. The summed E-state index contributed by atoms with van der Waals surface area (Å²) in [7, 11) is 0. The summed E-state index contributed by atoms with van der Waals surface area (Å²) in [6, 6.07) is 9.83. The second kappa shape index (κ2) is 7.22. The number of nitrogens with one attached hydrogen (secondary N) is 1. The number of carbonyl (C=O) groups excluding carboxylic acids is 1. The molecule has 0 aliphatic heterocycles. The molecule has 0 spiro atoms. The van der Waals surface area contributed by atoms with Gasteiger partial charge in [-0.2, -0.15) is 5.10 Å². The maximum absolute atomic E-state index is 12.1. The summed E-state index contributed by atoms with van der Waals surface area (Å²) in [5, 5.41) is 16.6. The number of hydrogen-bond donors (Lipinski definition) is 2. The maximum Gasteiger partial charge on any atom is 0.228 e. The van der Waals surface area contributed by atoms with Crippen LogP contribution in [0.1, 0.15) is 25.8 Å². The summed E-state index contributed by atoms with van der Waals surface area (Å²) in [5.41, 5.74) is 2.94. The zero-order valence-corrected chi connectivity index (χ0v) is 13.3. The van der Waals surface area contributed by atoms with Crippen molar-refractivity contribution in [2.75, 3.05) is 11.9 Å².